The molecule has 4 rings (SSSR count). The Hall–Kier alpha value is -3.52. The molecule has 1 aliphatic rings. The molecule has 1 saturated heterocycles. The minimum Gasteiger partial charge on any atom is -0.495 e. The van der Waals surface area contributed by atoms with E-state index in [0.29, 0.717) is 22.9 Å². The van der Waals surface area contributed by atoms with Crippen LogP contribution in [0.3, 0.4) is 0 Å². The van der Waals surface area contributed by atoms with E-state index >= 15 is 0 Å². The van der Waals surface area contributed by atoms with Gasteiger partial charge in [-0.2, -0.15) is 0 Å². The molecular weight excluding hydrogens is 408 g/mol. The number of rotatable bonds is 6. The van der Waals surface area contributed by atoms with Gasteiger partial charge in [0.05, 0.1) is 12.1 Å². The third-order valence-electron chi connectivity index (χ3n) is 4.94. The van der Waals surface area contributed by atoms with Crippen molar-refractivity contribution >= 4 is 46.0 Å². The fraction of sp³-hybridized carbons (Fsp3) is 0.190. The van der Waals surface area contributed by atoms with Gasteiger partial charge in [-0.1, -0.05) is 29.8 Å². The van der Waals surface area contributed by atoms with Crippen molar-refractivity contribution < 1.29 is 19.1 Å². The number of halogens is 1. The highest BCUT2D eigenvalue weighted by Gasteiger charge is 2.39. The number of benzene rings is 2. The summed E-state index contributed by atoms with van der Waals surface area (Å²) in [7, 11) is 1.49. The molecule has 8 nitrogen and oxygen atoms in total. The van der Waals surface area contributed by atoms with Gasteiger partial charge in [0.1, 0.15) is 18.3 Å². The monoisotopic (exact) mass is 426 g/mol. The first kappa shape index (κ1) is 19.8. The van der Waals surface area contributed by atoms with E-state index in [9.17, 15) is 14.4 Å². The lowest BCUT2D eigenvalue weighted by molar-refractivity contribution is -0.130. The van der Waals surface area contributed by atoms with Crippen LogP contribution in [-0.2, 0) is 16.0 Å². The molecule has 0 aliphatic carbocycles. The molecule has 30 heavy (non-hydrogen) atoms. The highest BCUT2D eigenvalue weighted by molar-refractivity contribution is 6.32. The smallest absolute Gasteiger partial charge is 0.325 e. The summed E-state index contributed by atoms with van der Waals surface area (Å²) >= 11 is 6.05. The van der Waals surface area contributed by atoms with Gasteiger partial charge < -0.3 is 20.4 Å². The van der Waals surface area contributed by atoms with Crippen molar-refractivity contribution in [3.05, 3.63) is 59.2 Å². The van der Waals surface area contributed by atoms with Crippen LogP contribution < -0.4 is 15.4 Å². The SMILES string of the molecule is COc1ccc(NC(=O)CN2C(=O)N[C@@H](Cc3c[nH]c4ccccc34)C2=O)cc1Cl. The number of carbonyl (C=O) groups excluding carboxylic acids is 3. The number of nitrogens with zero attached hydrogens (tertiary/aromatic N) is 1. The third-order valence-corrected chi connectivity index (χ3v) is 5.24. The summed E-state index contributed by atoms with van der Waals surface area (Å²) < 4.78 is 5.07. The fourth-order valence-electron chi connectivity index (χ4n) is 3.47. The lowest BCUT2D eigenvalue weighted by Gasteiger charge is -2.13. The molecule has 1 aliphatic heterocycles. The average molecular weight is 427 g/mol. The van der Waals surface area contributed by atoms with Crippen molar-refractivity contribution in [1.82, 2.24) is 15.2 Å². The number of anilines is 1. The van der Waals surface area contributed by atoms with Gasteiger partial charge in [0.2, 0.25) is 5.91 Å². The van der Waals surface area contributed by atoms with Crippen molar-refractivity contribution in [2.24, 2.45) is 0 Å². The van der Waals surface area contributed by atoms with E-state index in [1.807, 2.05) is 30.5 Å². The zero-order valence-corrected chi connectivity index (χ0v) is 16.8. The Morgan fingerprint density at radius 3 is 2.80 bits per heavy atom. The summed E-state index contributed by atoms with van der Waals surface area (Å²) in [6, 6.07) is 11.2. The Morgan fingerprint density at radius 2 is 2.03 bits per heavy atom. The van der Waals surface area contributed by atoms with Crippen molar-refractivity contribution in [3.8, 4) is 5.75 Å². The summed E-state index contributed by atoms with van der Waals surface area (Å²) in [6.45, 7) is -0.390. The van der Waals surface area contributed by atoms with Crippen molar-refractivity contribution in [3.63, 3.8) is 0 Å². The second kappa shape index (κ2) is 8.08. The Bertz CT molecular complexity index is 1140. The maximum atomic E-state index is 12.7. The molecule has 3 aromatic rings. The highest BCUT2D eigenvalue weighted by atomic mass is 35.5. The van der Waals surface area contributed by atoms with E-state index in [4.69, 9.17) is 16.3 Å². The molecule has 4 amide bonds. The predicted octanol–water partition coefficient (Wildman–Crippen LogP) is 2.93. The molecule has 154 valence electrons. The van der Waals surface area contributed by atoms with Gasteiger partial charge in [0.15, 0.2) is 0 Å². The Morgan fingerprint density at radius 1 is 1.23 bits per heavy atom. The largest absolute Gasteiger partial charge is 0.495 e. The summed E-state index contributed by atoms with van der Waals surface area (Å²) in [4.78, 5) is 41.4. The zero-order chi connectivity index (χ0) is 21.3. The van der Waals surface area contributed by atoms with Gasteiger partial charge in [-0.25, -0.2) is 4.79 Å². The first-order chi connectivity index (χ1) is 14.5. The van der Waals surface area contributed by atoms with Gasteiger partial charge in [-0.05, 0) is 29.8 Å². The number of nitrogens with one attached hydrogen (secondary N) is 3. The quantitative estimate of drug-likeness (QED) is 0.527. The van der Waals surface area contributed by atoms with Gasteiger partial charge in [0.25, 0.3) is 5.91 Å². The highest BCUT2D eigenvalue weighted by Crippen LogP contribution is 2.27. The number of aromatic amines is 1. The standard InChI is InChI=1S/C21H19ClN4O4/c1-30-18-7-6-13(9-15(18)22)24-19(27)11-26-20(28)17(25-21(26)29)8-12-10-23-16-5-3-2-4-14(12)16/h2-7,9-10,17,23H,8,11H2,1H3,(H,24,27)(H,25,29)/t17-/m0/s1. The first-order valence-electron chi connectivity index (χ1n) is 9.26. The Labute approximate surface area is 177 Å². The number of fused-ring (bicyclic) bond motifs is 1. The number of carbonyl (C=O) groups is 3. The molecule has 1 aromatic heterocycles. The molecule has 2 heterocycles. The van der Waals surface area contributed by atoms with Crippen molar-refractivity contribution in [2.75, 3.05) is 19.0 Å². The molecule has 1 atom stereocenters. The fourth-order valence-corrected chi connectivity index (χ4v) is 3.73. The van der Waals surface area contributed by atoms with Crippen LogP contribution in [0.5, 0.6) is 5.75 Å². The number of H-pyrrole nitrogens is 1. The van der Waals surface area contributed by atoms with Crippen LogP contribution in [-0.4, -0.2) is 47.4 Å². The van der Waals surface area contributed by atoms with Crippen LogP contribution in [0.1, 0.15) is 5.56 Å². The number of aromatic nitrogens is 1. The first-order valence-corrected chi connectivity index (χ1v) is 9.64. The molecule has 0 unspecified atom stereocenters. The number of para-hydroxylation sites is 1. The molecule has 2 aromatic carbocycles. The van der Waals surface area contributed by atoms with Crippen LogP contribution in [0.25, 0.3) is 10.9 Å². The number of hydrogen-bond donors (Lipinski definition) is 3. The van der Waals surface area contributed by atoms with Crippen LogP contribution in [0.4, 0.5) is 10.5 Å². The topological polar surface area (TPSA) is 104 Å². The number of urea groups is 1. The van der Waals surface area contributed by atoms with E-state index < -0.39 is 30.4 Å². The lowest BCUT2D eigenvalue weighted by atomic mass is 10.1. The minimum atomic E-state index is -0.722. The molecule has 0 radical (unpaired) electrons. The summed E-state index contributed by atoms with van der Waals surface area (Å²) in [6.07, 6.45) is 2.16. The molecule has 1 fully saturated rings. The minimum absolute atomic E-state index is 0.334. The second-order valence-electron chi connectivity index (χ2n) is 6.89. The zero-order valence-electron chi connectivity index (χ0n) is 16.1. The van der Waals surface area contributed by atoms with Crippen molar-refractivity contribution in [2.45, 2.75) is 12.5 Å². The van der Waals surface area contributed by atoms with Crippen LogP contribution in [0.15, 0.2) is 48.7 Å². The second-order valence-corrected chi connectivity index (χ2v) is 7.29. The third kappa shape index (κ3) is 3.81. The van der Waals surface area contributed by atoms with Gasteiger partial charge in [0, 0.05) is 29.2 Å². The van der Waals surface area contributed by atoms with E-state index in [1.165, 1.54) is 13.2 Å². The number of methoxy groups -OCH3 is 1. The van der Waals surface area contributed by atoms with E-state index in [1.54, 1.807) is 12.1 Å². The van der Waals surface area contributed by atoms with Gasteiger partial charge >= 0.3 is 6.03 Å². The van der Waals surface area contributed by atoms with Crippen LogP contribution in [0, 0.1) is 0 Å². The molecule has 9 heteroatoms. The number of imide groups is 1. The molecule has 0 spiro atoms. The molecule has 0 bridgehead atoms. The van der Waals surface area contributed by atoms with Gasteiger partial charge in [-0.3, -0.25) is 14.5 Å². The summed E-state index contributed by atoms with van der Waals surface area (Å²) in [5.41, 5.74) is 2.32. The predicted molar refractivity (Wildman–Crippen MR) is 113 cm³/mol. The summed E-state index contributed by atoms with van der Waals surface area (Å²) in [5.74, 6) is -0.468. The average Bonchev–Trinajstić information content (AvgIpc) is 3.25. The molecule has 0 saturated carbocycles. The summed E-state index contributed by atoms with van der Waals surface area (Å²) in [5, 5.41) is 6.61. The normalized spacial score (nSPS) is 16.1. The Kier molecular flexibility index (Phi) is 5.33. The maximum Gasteiger partial charge on any atom is 0.325 e. The maximum absolute atomic E-state index is 12.7. The van der Waals surface area contributed by atoms with Crippen LogP contribution in [0.2, 0.25) is 5.02 Å². The van der Waals surface area contributed by atoms with Gasteiger partial charge in [-0.15, -0.1) is 0 Å². The number of amides is 4. The Balaban J connectivity index is 1.41. The molecule has 3 N–H and O–H groups in total. The van der Waals surface area contributed by atoms with E-state index in [-0.39, 0.29) is 0 Å². The van der Waals surface area contributed by atoms with Crippen molar-refractivity contribution in [1.29, 1.82) is 0 Å². The molecular formula is C21H19ClN4O4. The van der Waals surface area contributed by atoms with E-state index in [2.05, 4.69) is 15.6 Å². The van der Waals surface area contributed by atoms with E-state index in [0.717, 1.165) is 21.4 Å². The lowest BCUT2D eigenvalue weighted by Crippen LogP contribution is -2.38. The number of hydrogen-bond acceptors (Lipinski definition) is 4. The van der Waals surface area contributed by atoms with Crippen LogP contribution >= 0.6 is 11.6 Å². The number of ether oxygens (including phenoxy) is 1.